The number of halogens is 6. The zero-order valence-electron chi connectivity index (χ0n) is 7.99. The van der Waals surface area contributed by atoms with Gasteiger partial charge in [-0.25, -0.2) is 0 Å². The molecule has 0 radical (unpaired) electrons. The molecule has 1 N–H and O–H groups in total. The van der Waals surface area contributed by atoms with Crippen LogP contribution in [0.5, 0.6) is 0 Å². The molecule has 0 aliphatic carbocycles. The molecule has 0 aliphatic heterocycles. The van der Waals surface area contributed by atoms with Crippen molar-refractivity contribution in [2.24, 2.45) is 0 Å². The van der Waals surface area contributed by atoms with Gasteiger partial charge in [-0.05, 0) is 12.1 Å². The fraction of sp³-hybridized carbons (Fsp3) is 0.222. The first-order valence-corrected chi connectivity index (χ1v) is 4.15. The molecule has 0 aromatic heterocycles. The first-order valence-electron chi connectivity index (χ1n) is 4.15. The summed E-state index contributed by atoms with van der Waals surface area (Å²) in [6.45, 7) is 0. The van der Waals surface area contributed by atoms with Crippen LogP contribution < -0.4 is 5.32 Å². The number of carbonyl (C=O) groups is 1. The van der Waals surface area contributed by atoms with E-state index in [0.29, 0.717) is 18.2 Å². The van der Waals surface area contributed by atoms with Gasteiger partial charge in [0.2, 0.25) is 6.41 Å². The van der Waals surface area contributed by atoms with Gasteiger partial charge in [0.25, 0.3) is 0 Å². The van der Waals surface area contributed by atoms with Gasteiger partial charge in [0.1, 0.15) is 0 Å². The SMILES string of the molecule is O=CNc1c(C(F)(F)F)cccc1C(F)(F)F. The smallest absolute Gasteiger partial charge is 0.328 e. The molecule has 1 aromatic carbocycles. The monoisotopic (exact) mass is 257 g/mol. The van der Waals surface area contributed by atoms with Gasteiger partial charge in [0.15, 0.2) is 0 Å². The molecule has 1 aromatic rings. The van der Waals surface area contributed by atoms with Gasteiger partial charge >= 0.3 is 12.4 Å². The molecule has 8 heteroatoms. The molecule has 17 heavy (non-hydrogen) atoms. The summed E-state index contributed by atoms with van der Waals surface area (Å²) in [5.41, 5.74) is -4.37. The molecule has 1 rings (SSSR count). The lowest BCUT2D eigenvalue weighted by atomic mass is 10.1. The Morgan fingerprint density at radius 1 is 0.941 bits per heavy atom. The number of nitrogens with one attached hydrogen (secondary N) is 1. The third-order valence-electron chi connectivity index (χ3n) is 1.88. The highest BCUT2D eigenvalue weighted by Gasteiger charge is 2.40. The predicted molar refractivity (Wildman–Crippen MR) is 46.1 cm³/mol. The van der Waals surface area contributed by atoms with Crippen molar-refractivity contribution in [2.75, 3.05) is 5.32 Å². The highest BCUT2D eigenvalue weighted by Crippen LogP contribution is 2.42. The molecule has 2 nitrogen and oxygen atoms in total. The number of rotatable bonds is 2. The van der Waals surface area contributed by atoms with Crippen molar-refractivity contribution in [1.82, 2.24) is 0 Å². The van der Waals surface area contributed by atoms with E-state index in [0.717, 1.165) is 0 Å². The topological polar surface area (TPSA) is 29.1 Å². The van der Waals surface area contributed by atoms with Crippen LogP contribution in [-0.2, 0) is 17.1 Å². The molecule has 0 unspecified atom stereocenters. The van der Waals surface area contributed by atoms with E-state index in [2.05, 4.69) is 0 Å². The molecular weight excluding hydrogens is 252 g/mol. The van der Waals surface area contributed by atoms with Crippen molar-refractivity contribution in [2.45, 2.75) is 12.4 Å². The summed E-state index contributed by atoms with van der Waals surface area (Å²) >= 11 is 0. The Labute approximate surface area is 91.2 Å². The Morgan fingerprint density at radius 2 is 1.35 bits per heavy atom. The van der Waals surface area contributed by atoms with Crippen LogP contribution in [0.2, 0.25) is 0 Å². The zero-order chi connectivity index (χ0) is 13.3. The highest BCUT2D eigenvalue weighted by molar-refractivity contribution is 5.76. The third-order valence-corrected chi connectivity index (χ3v) is 1.88. The molecule has 0 saturated carbocycles. The fourth-order valence-corrected chi connectivity index (χ4v) is 1.24. The fourth-order valence-electron chi connectivity index (χ4n) is 1.24. The molecule has 0 spiro atoms. The summed E-state index contributed by atoms with van der Waals surface area (Å²) in [7, 11) is 0. The second-order valence-corrected chi connectivity index (χ2v) is 2.99. The number of alkyl halides is 6. The van der Waals surface area contributed by atoms with Gasteiger partial charge in [0, 0.05) is 0 Å². The summed E-state index contributed by atoms with van der Waals surface area (Å²) in [4.78, 5) is 10.1. The van der Waals surface area contributed by atoms with Gasteiger partial charge in [-0.3, -0.25) is 4.79 Å². The molecule has 94 valence electrons. The third kappa shape index (κ3) is 2.89. The zero-order valence-corrected chi connectivity index (χ0v) is 7.99. The van der Waals surface area contributed by atoms with Crippen LogP contribution >= 0.6 is 0 Å². The van der Waals surface area contributed by atoms with Crippen LogP contribution in [0.25, 0.3) is 0 Å². The van der Waals surface area contributed by atoms with E-state index in [9.17, 15) is 31.1 Å². The minimum atomic E-state index is -4.98. The van der Waals surface area contributed by atoms with E-state index >= 15 is 0 Å². The number of carbonyl (C=O) groups excluding carboxylic acids is 1. The first kappa shape index (κ1) is 13.3. The van der Waals surface area contributed by atoms with Gasteiger partial charge in [0.05, 0.1) is 16.8 Å². The highest BCUT2D eigenvalue weighted by atomic mass is 19.4. The lowest BCUT2D eigenvalue weighted by Crippen LogP contribution is -2.16. The van der Waals surface area contributed by atoms with E-state index in [1.807, 2.05) is 0 Å². The Bertz CT molecular complexity index is 390. The Balaban J connectivity index is 3.48. The van der Waals surface area contributed by atoms with Crippen molar-refractivity contribution >= 4 is 12.1 Å². The summed E-state index contributed by atoms with van der Waals surface area (Å²) in [5, 5.41) is 1.44. The largest absolute Gasteiger partial charge is 0.418 e. The average molecular weight is 257 g/mol. The maximum atomic E-state index is 12.4. The minimum Gasteiger partial charge on any atom is -0.328 e. The normalized spacial score (nSPS) is 12.4. The average Bonchev–Trinajstić information content (AvgIpc) is 2.15. The van der Waals surface area contributed by atoms with Crippen molar-refractivity contribution in [1.29, 1.82) is 0 Å². The van der Waals surface area contributed by atoms with Crippen molar-refractivity contribution in [3.63, 3.8) is 0 Å². The van der Waals surface area contributed by atoms with Crippen LogP contribution in [0.3, 0.4) is 0 Å². The molecule has 0 fully saturated rings. The van der Waals surface area contributed by atoms with E-state index in [1.165, 1.54) is 5.32 Å². The summed E-state index contributed by atoms with van der Waals surface area (Å²) < 4.78 is 74.5. The van der Waals surface area contributed by atoms with Crippen molar-refractivity contribution in [3.8, 4) is 0 Å². The number of benzene rings is 1. The van der Waals surface area contributed by atoms with Crippen molar-refractivity contribution in [3.05, 3.63) is 29.3 Å². The van der Waals surface area contributed by atoms with Crippen LogP contribution in [-0.4, -0.2) is 6.41 Å². The Kier molecular flexibility index (Phi) is 3.35. The molecule has 0 bridgehead atoms. The number of anilines is 1. The van der Waals surface area contributed by atoms with Crippen LogP contribution in [0.15, 0.2) is 18.2 Å². The van der Waals surface area contributed by atoms with E-state index < -0.39 is 29.2 Å². The minimum absolute atomic E-state index is 0.236. The van der Waals surface area contributed by atoms with E-state index in [4.69, 9.17) is 0 Å². The van der Waals surface area contributed by atoms with Crippen LogP contribution in [0.1, 0.15) is 11.1 Å². The van der Waals surface area contributed by atoms with Gasteiger partial charge in [-0.1, -0.05) is 6.07 Å². The van der Waals surface area contributed by atoms with Gasteiger partial charge in [-0.2, -0.15) is 26.3 Å². The van der Waals surface area contributed by atoms with Gasteiger partial charge < -0.3 is 5.32 Å². The van der Waals surface area contributed by atoms with E-state index in [-0.39, 0.29) is 6.41 Å². The second-order valence-electron chi connectivity index (χ2n) is 2.99. The first-order chi connectivity index (χ1) is 7.68. The molecule has 0 heterocycles. The van der Waals surface area contributed by atoms with Crippen LogP contribution in [0, 0.1) is 0 Å². The number of hydrogen-bond donors (Lipinski definition) is 1. The maximum absolute atomic E-state index is 12.4. The van der Waals surface area contributed by atoms with Crippen LogP contribution in [0.4, 0.5) is 32.0 Å². The van der Waals surface area contributed by atoms with E-state index in [1.54, 1.807) is 0 Å². The number of para-hydroxylation sites is 1. The predicted octanol–water partition coefficient (Wildman–Crippen LogP) is 3.29. The molecular formula is C9H5F6NO. The summed E-state index contributed by atoms with van der Waals surface area (Å²) in [6, 6.07) is 1.55. The Morgan fingerprint density at radius 3 is 1.65 bits per heavy atom. The quantitative estimate of drug-likeness (QED) is 0.639. The molecule has 0 saturated heterocycles. The number of hydrogen-bond acceptors (Lipinski definition) is 1. The summed E-state index contributed by atoms with van der Waals surface area (Å²) in [6.07, 6.45) is -10.2. The molecule has 0 aliphatic rings. The van der Waals surface area contributed by atoms with Crippen molar-refractivity contribution < 1.29 is 31.1 Å². The number of amides is 1. The van der Waals surface area contributed by atoms with Gasteiger partial charge in [-0.15, -0.1) is 0 Å². The summed E-state index contributed by atoms with van der Waals surface area (Å²) in [5.74, 6) is 0. The maximum Gasteiger partial charge on any atom is 0.418 e. The second kappa shape index (κ2) is 4.27. The Hall–Kier alpha value is -1.73. The lowest BCUT2D eigenvalue weighted by molar-refractivity contribution is -0.141. The molecule has 1 amide bonds. The lowest BCUT2D eigenvalue weighted by Gasteiger charge is -2.17. The standard InChI is InChI=1S/C9H5F6NO/c10-8(11,12)5-2-1-3-6(9(13,14)15)7(5)16-4-17/h1-4H,(H,16,17). The molecule has 0 atom stereocenters.